The highest BCUT2D eigenvalue weighted by atomic mass is 35.5. The van der Waals surface area contributed by atoms with Gasteiger partial charge in [-0.2, -0.15) is 0 Å². The third-order valence-corrected chi connectivity index (χ3v) is 4.98. The van der Waals surface area contributed by atoms with Gasteiger partial charge in [0.05, 0.1) is 0 Å². The molecule has 1 saturated heterocycles. The van der Waals surface area contributed by atoms with Gasteiger partial charge in [-0.3, -0.25) is 9.59 Å². The number of amides is 2. The fourth-order valence-electron chi connectivity index (χ4n) is 3.24. The number of benzene rings is 1. The average molecular weight is 401 g/mol. The predicted molar refractivity (Wildman–Crippen MR) is 111 cm³/mol. The Balaban J connectivity index is 1.50. The Morgan fingerprint density at radius 2 is 1.89 bits per heavy atom. The number of hydrogen-bond acceptors (Lipinski definition) is 4. The van der Waals surface area contributed by atoms with Crippen molar-refractivity contribution in [1.29, 1.82) is 0 Å². The lowest BCUT2D eigenvalue weighted by atomic mass is 10.2. The van der Waals surface area contributed by atoms with E-state index in [1.165, 1.54) is 0 Å². The van der Waals surface area contributed by atoms with Crippen LogP contribution >= 0.6 is 11.6 Å². The molecule has 1 aromatic carbocycles. The van der Waals surface area contributed by atoms with Crippen LogP contribution < -0.4 is 10.2 Å². The molecule has 148 valence electrons. The molecular formula is C21H25ClN4O2. The normalized spacial score (nSPS) is 13.4. The molecule has 1 aliphatic rings. The lowest BCUT2D eigenvalue weighted by Gasteiger charge is -2.18. The minimum absolute atomic E-state index is 0.0188. The summed E-state index contributed by atoms with van der Waals surface area (Å²) in [5.41, 5.74) is 1.54. The van der Waals surface area contributed by atoms with Gasteiger partial charge in [0.1, 0.15) is 11.0 Å². The SMILES string of the molecule is CN(Cc1ccccc1)C(=O)CCNC(=O)c1cc(Cl)nc(N2CCCC2)c1. The number of pyridine rings is 1. The molecule has 0 saturated carbocycles. The van der Waals surface area contributed by atoms with E-state index in [2.05, 4.69) is 15.2 Å². The number of carbonyl (C=O) groups excluding carboxylic acids is 2. The van der Waals surface area contributed by atoms with Gasteiger partial charge in [0.2, 0.25) is 5.91 Å². The third-order valence-electron chi connectivity index (χ3n) is 4.79. The summed E-state index contributed by atoms with van der Waals surface area (Å²) < 4.78 is 0. The first-order valence-corrected chi connectivity index (χ1v) is 9.89. The smallest absolute Gasteiger partial charge is 0.251 e. The van der Waals surface area contributed by atoms with Crippen LogP contribution in [0, 0.1) is 0 Å². The number of halogens is 1. The molecule has 7 heteroatoms. The van der Waals surface area contributed by atoms with Gasteiger partial charge in [-0.1, -0.05) is 41.9 Å². The van der Waals surface area contributed by atoms with Crippen LogP contribution in [0.5, 0.6) is 0 Å². The van der Waals surface area contributed by atoms with Gasteiger partial charge >= 0.3 is 0 Å². The molecule has 0 radical (unpaired) electrons. The summed E-state index contributed by atoms with van der Waals surface area (Å²) in [6, 6.07) is 13.1. The zero-order valence-electron chi connectivity index (χ0n) is 16.0. The maximum absolute atomic E-state index is 12.5. The minimum Gasteiger partial charge on any atom is -0.357 e. The second-order valence-corrected chi connectivity index (χ2v) is 7.36. The van der Waals surface area contributed by atoms with Crippen molar-refractivity contribution >= 4 is 29.2 Å². The molecule has 1 fully saturated rings. The molecule has 28 heavy (non-hydrogen) atoms. The number of rotatable bonds is 7. The maximum Gasteiger partial charge on any atom is 0.251 e. The number of carbonyl (C=O) groups is 2. The Morgan fingerprint density at radius 1 is 1.18 bits per heavy atom. The van der Waals surface area contributed by atoms with Gasteiger partial charge in [-0.15, -0.1) is 0 Å². The van der Waals surface area contributed by atoms with Gasteiger partial charge in [0, 0.05) is 45.2 Å². The minimum atomic E-state index is -0.247. The highest BCUT2D eigenvalue weighted by molar-refractivity contribution is 6.29. The highest BCUT2D eigenvalue weighted by Gasteiger charge is 2.17. The molecule has 1 aliphatic heterocycles. The molecule has 0 atom stereocenters. The highest BCUT2D eigenvalue weighted by Crippen LogP contribution is 2.22. The summed E-state index contributed by atoms with van der Waals surface area (Å²) in [6.07, 6.45) is 2.48. The summed E-state index contributed by atoms with van der Waals surface area (Å²) in [6.45, 7) is 2.68. The van der Waals surface area contributed by atoms with E-state index in [1.807, 2.05) is 30.3 Å². The van der Waals surface area contributed by atoms with Crippen LogP contribution in [0.1, 0.15) is 35.2 Å². The summed E-state index contributed by atoms with van der Waals surface area (Å²) in [7, 11) is 1.77. The molecule has 0 spiro atoms. The van der Waals surface area contributed by atoms with Crippen molar-refractivity contribution in [2.75, 3.05) is 31.6 Å². The summed E-state index contributed by atoms with van der Waals surface area (Å²) >= 11 is 6.10. The Kier molecular flexibility index (Phi) is 6.87. The van der Waals surface area contributed by atoms with E-state index in [9.17, 15) is 9.59 Å². The van der Waals surface area contributed by atoms with Crippen LogP contribution in [0.25, 0.3) is 0 Å². The molecule has 0 bridgehead atoms. The van der Waals surface area contributed by atoms with Gasteiger partial charge in [0.25, 0.3) is 5.91 Å². The van der Waals surface area contributed by atoms with E-state index >= 15 is 0 Å². The quantitative estimate of drug-likeness (QED) is 0.725. The lowest BCUT2D eigenvalue weighted by Crippen LogP contribution is -2.32. The van der Waals surface area contributed by atoms with Crippen LogP contribution in [0.4, 0.5) is 5.82 Å². The van der Waals surface area contributed by atoms with Gasteiger partial charge in [-0.05, 0) is 30.5 Å². The van der Waals surface area contributed by atoms with Crippen molar-refractivity contribution in [2.24, 2.45) is 0 Å². The fraction of sp³-hybridized carbons (Fsp3) is 0.381. The Hall–Kier alpha value is -2.60. The zero-order chi connectivity index (χ0) is 19.9. The summed E-state index contributed by atoms with van der Waals surface area (Å²) in [4.78, 5) is 32.9. The van der Waals surface area contributed by atoms with E-state index < -0.39 is 0 Å². The number of aromatic nitrogens is 1. The van der Waals surface area contributed by atoms with Crippen LogP contribution in [0.3, 0.4) is 0 Å². The molecule has 1 aromatic heterocycles. The Morgan fingerprint density at radius 3 is 2.61 bits per heavy atom. The molecular weight excluding hydrogens is 376 g/mol. The number of nitrogens with zero attached hydrogens (tertiary/aromatic N) is 3. The van der Waals surface area contributed by atoms with Gasteiger partial charge in [0.15, 0.2) is 0 Å². The fourth-order valence-corrected chi connectivity index (χ4v) is 3.45. The Bertz CT molecular complexity index is 822. The monoisotopic (exact) mass is 400 g/mol. The van der Waals surface area contributed by atoms with Crippen LogP contribution in [-0.4, -0.2) is 48.4 Å². The average Bonchev–Trinajstić information content (AvgIpc) is 3.23. The van der Waals surface area contributed by atoms with Crippen molar-refractivity contribution in [3.05, 3.63) is 58.7 Å². The van der Waals surface area contributed by atoms with Crippen molar-refractivity contribution in [1.82, 2.24) is 15.2 Å². The zero-order valence-corrected chi connectivity index (χ0v) is 16.8. The van der Waals surface area contributed by atoms with Crippen molar-refractivity contribution in [2.45, 2.75) is 25.8 Å². The third kappa shape index (κ3) is 5.45. The van der Waals surface area contributed by atoms with Gasteiger partial charge in [-0.25, -0.2) is 4.98 Å². The van der Waals surface area contributed by atoms with E-state index in [1.54, 1.807) is 24.1 Å². The van der Waals surface area contributed by atoms with Crippen LogP contribution in [-0.2, 0) is 11.3 Å². The van der Waals surface area contributed by atoms with Crippen molar-refractivity contribution in [3.63, 3.8) is 0 Å². The first-order chi connectivity index (χ1) is 13.5. The molecule has 2 heterocycles. The van der Waals surface area contributed by atoms with E-state index in [0.29, 0.717) is 17.3 Å². The second kappa shape index (κ2) is 9.55. The maximum atomic E-state index is 12.5. The van der Waals surface area contributed by atoms with Gasteiger partial charge < -0.3 is 15.1 Å². The predicted octanol–water partition coefficient (Wildman–Crippen LogP) is 3.11. The summed E-state index contributed by atoms with van der Waals surface area (Å²) in [5.74, 6) is 0.465. The second-order valence-electron chi connectivity index (χ2n) is 6.97. The molecule has 3 rings (SSSR count). The molecule has 2 aromatic rings. The van der Waals surface area contributed by atoms with Crippen molar-refractivity contribution < 1.29 is 9.59 Å². The van der Waals surface area contributed by atoms with Crippen LogP contribution in [0.15, 0.2) is 42.5 Å². The van der Waals surface area contributed by atoms with E-state index in [0.717, 1.165) is 37.3 Å². The van der Waals surface area contributed by atoms with E-state index in [4.69, 9.17) is 11.6 Å². The largest absolute Gasteiger partial charge is 0.357 e. The first-order valence-electron chi connectivity index (χ1n) is 9.51. The van der Waals surface area contributed by atoms with Crippen molar-refractivity contribution in [3.8, 4) is 0 Å². The Labute approximate surface area is 170 Å². The molecule has 0 aliphatic carbocycles. The number of nitrogens with one attached hydrogen (secondary N) is 1. The summed E-state index contributed by atoms with van der Waals surface area (Å²) in [5, 5.41) is 3.10. The standard InChI is InChI=1S/C21H25ClN4O2/c1-25(15-16-7-3-2-4-8-16)20(27)9-10-23-21(28)17-13-18(22)24-19(14-17)26-11-5-6-12-26/h2-4,7-8,13-14H,5-6,9-12,15H2,1H3,(H,23,28). The number of hydrogen-bond donors (Lipinski definition) is 1. The lowest BCUT2D eigenvalue weighted by molar-refractivity contribution is -0.130. The molecule has 6 nitrogen and oxygen atoms in total. The molecule has 0 unspecified atom stereocenters. The van der Waals surface area contributed by atoms with Crippen LogP contribution in [0.2, 0.25) is 5.15 Å². The first kappa shape index (κ1) is 20.1. The topological polar surface area (TPSA) is 65.5 Å². The van der Waals surface area contributed by atoms with E-state index in [-0.39, 0.29) is 24.8 Å². The number of anilines is 1. The molecule has 1 N–H and O–H groups in total. The molecule has 2 amide bonds.